The van der Waals surface area contributed by atoms with Crippen LogP contribution in [-0.4, -0.2) is 37.6 Å². The van der Waals surface area contributed by atoms with E-state index in [9.17, 15) is 0 Å². The maximum atomic E-state index is 3.74. The van der Waals surface area contributed by atoms with Crippen LogP contribution in [0.1, 0.15) is 59.3 Å². The second-order valence-corrected chi connectivity index (χ2v) is 8.02. The first-order valence-corrected chi connectivity index (χ1v) is 8.38. The van der Waals surface area contributed by atoms with Gasteiger partial charge in [-0.3, -0.25) is 0 Å². The summed E-state index contributed by atoms with van der Waals surface area (Å²) < 4.78 is 0. The average molecular weight is 266 g/mol. The van der Waals surface area contributed by atoms with Gasteiger partial charge in [-0.15, -0.1) is 0 Å². The molecule has 0 aromatic carbocycles. The maximum Gasteiger partial charge on any atom is 0.0218 e. The first kappa shape index (κ1) is 15.3. The summed E-state index contributed by atoms with van der Waals surface area (Å²) in [5.41, 5.74) is 0.519. The van der Waals surface area contributed by atoms with Crippen LogP contribution in [0.2, 0.25) is 0 Å². The van der Waals surface area contributed by atoms with Crippen LogP contribution in [0.15, 0.2) is 0 Å². The van der Waals surface area contributed by atoms with E-state index >= 15 is 0 Å². The van der Waals surface area contributed by atoms with Gasteiger partial charge in [0.1, 0.15) is 0 Å². The van der Waals surface area contributed by atoms with Gasteiger partial charge in [0, 0.05) is 12.6 Å². The first-order valence-electron chi connectivity index (χ1n) is 8.38. The van der Waals surface area contributed by atoms with Crippen LogP contribution >= 0.6 is 0 Å². The van der Waals surface area contributed by atoms with Gasteiger partial charge in [0.15, 0.2) is 0 Å². The standard InChI is InChI=1S/C17H34N2/c1-17(2,3)15-9-7-14(8-10-15)12-18-13-16-6-5-11-19(16)4/h14-16,18H,5-13H2,1-4H3. The molecule has 1 saturated carbocycles. The minimum Gasteiger partial charge on any atom is -0.315 e. The Bertz CT molecular complexity index is 261. The van der Waals surface area contributed by atoms with Crippen molar-refractivity contribution in [2.24, 2.45) is 17.3 Å². The molecule has 0 amide bonds. The molecule has 1 saturated heterocycles. The van der Waals surface area contributed by atoms with Gasteiger partial charge in [0.2, 0.25) is 0 Å². The van der Waals surface area contributed by atoms with Crippen LogP contribution in [0.5, 0.6) is 0 Å². The van der Waals surface area contributed by atoms with E-state index in [1.807, 2.05) is 0 Å². The summed E-state index contributed by atoms with van der Waals surface area (Å²) in [6.45, 7) is 11.0. The van der Waals surface area contributed by atoms with Crippen molar-refractivity contribution >= 4 is 0 Å². The molecule has 1 unspecified atom stereocenters. The molecule has 1 aliphatic carbocycles. The summed E-state index contributed by atoms with van der Waals surface area (Å²) in [6, 6.07) is 0.797. The van der Waals surface area contributed by atoms with E-state index < -0.39 is 0 Å². The van der Waals surface area contributed by atoms with E-state index in [4.69, 9.17) is 0 Å². The average Bonchev–Trinajstić information content (AvgIpc) is 2.75. The summed E-state index contributed by atoms with van der Waals surface area (Å²) >= 11 is 0. The van der Waals surface area contributed by atoms with Gasteiger partial charge in [0.05, 0.1) is 0 Å². The molecule has 1 heterocycles. The predicted octanol–water partition coefficient (Wildman–Crippen LogP) is 3.52. The Balaban J connectivity index is 1.61. The molecule has 2 nitrogen and oxygen atoms in total. The summed E-state index contributed by atoms with van der Waals surface area (Å²) in [5, 5.41) is 3.74. The van der Waals surface area contributed by atoms with Crippen molar-refractivity contribution < 1.29 is 0 Å². The highest BCUT2D eigenvalue weighted by molar-refractivity contribution is 4.82. The fraction of sp³-hybridized carbons (Fsp3) is 1.00. The van der Waals surface area contributed by atoms with Gasteiger partial charge in [-0.05, 0) is 75.9 Å². The second kappa shape index (κ2) is 6.58. The third-order valence-corrected chi connectivity index (χ3v) is 5.56. The lowest BCUT2D eigenvalue weighted by atomic mass is 9.70. The molecule has 0 aromatic heterocycles. The van der Waals surface area contributed by atoms with E-state index in [2.05, 4.69) is 38.0 Å². The SMILES string of the molecule is CN1CCCC1CNCC1CCC(C(C)(C)C)CC1. The Morgan fingerprint density at radius 3 is 2.21 bits per heavy atom. The van der Waals surface area contributed by atoms with Crippen molar-refractivity contribution in [2.45, 2.75) is 65.3 Å². The Labute approximate surface area is 120 Å². The van der Waals surface area contributed by atoms with Crippen LogP contribution in [-0.2, 0) is 0 Å². The van der Waals surface area contributed by atoms with Crippen molar-refractivity contribution in [3.8, 4) is 0 Å². The maximum absolute atomic E-state index is 3.74. The lowest BCUT2D eigenvalue weighted by Crippen LogP contribution is -2.38. The molecule has 0 bridgehead atoms. The molecule has 19 heavy (non-hydrogen) atoms. The number of likely N-dealkylation sites (tertiary alicyclic amines) is 1. The van der Waals surface area contributed by atoms with Crippen molar-refractivity contribution in [3.63, 3.8) is 0 Å². The smallest absolute Gasteiger partial charge is 0.0218 e. The zero-order valence-electron chi connectivity index (χ0n) is 13.5. The molecule has 2 aliphatic rings. The van der Waals surface area contributed by atoms with Crippen molar-refractivity contribution in [1.29, 1.82) is 0 Å². The zero-order chi connectivity index (χ0) is 13.9. The van der Waals surface area contributed by atoms with E-state index in [1.165, 1.54) is 58.2 Å². The van der Waals surface area contributed by atoms with Gasteiger partial charge in [0.25, 0.3) is 0 Å². The number of hydrogen-bond acceptors (Lipinski definition) is 2. The predicted molar refractivity (Wildman–Crippen MR) is 83.4 cm³/mol. The van der Waals surface area contributed by atoms with Crippen molar-refractivity contribution in [1.82, 2.24) is 10.2 Å². The Morgan fingerprint density at radius 1 is 1.00 bits per heavy atom. The van der Waals surface area contributed by atoms with E-state index in [0.717, 1.165) is 17.9 Å². The monoisotopic (exact) mass is 266 g/mol. The van der Waals surface area contributed by atoms with Crippen LogP contribution in [0.25, 0.3) is 0 Å². The zero-order valence-corrected chi connectivity index (χ0v) is 13.5. The molecule has 1 aliphatic heterocycles. The van der Waals surface area contributed by atoms with Gasteiger partial charge in [-0.1, -0.05) is 20.8 Å². The highest BCUT2D eigenvalue weighted by Gasteiger charge is 2.29. The van der Waals surface area contributed by atoms with Crippen molar-refractivity contribution in [2.75, 3.05) is 26.7 Å². The molecule has 0 spiro atoms. The lowest BCUT2D eigenvalue weighted by molar-refractivity contribution is 0.148. The normalized spacial score (nSPS) is 33.8. The number of rotatable bonds is 4. The molecular formula is C17H34N2. The van der Waals surface area contributed by atoms with E-state index in [-0.39, 0.29) is 0 Å². The number of nitrogens with one attached hydrogen (secondary N) is 1. The summed E-state index contributed by atoms with van der Waals surface area (Å²) in [5.74, 6) is 1.88. The van der Waals surface area contributed by atoms with E-state index in [0.29, 0.717) is 5.41 Å². The van der Waals surface area contributed by atoms with Gasteiger partial charge >= 0.3 is 0 Å². The lowest BCUT2D eigenvalue weighted by Gasteiger charge is -2.37. The highest BCUT2D eigenvalue weighted by atomic mass is 15.2. The summed E-state index contributed by atoms with van der Waals surface area (Å²) in [7, 11) is 2.27. The molecular weight excluding hydrogens is 232 g/mol. The topological polar surface area (TPSA) is 15.3 Å². The fourth-order valence-electron chi connectivity index (χ4n) is 3.92. The molecule has 1 atom stereocenters. The summed E-state index contributed by atoms with van der Waals surface area (Å²) in [4.78, 5) is 2.52. The highest BCUT2D eigenvalue weighted by Crippen LogP contribution is 2.39. The Hall–Kier alpha value is -0.0800. The number of likely N-dealkylation sites (N-methyl/N-ethyl adjacent to an activating group) is 1. The Kier molecular flexibility index (Phi) is 5.30. The molecule has 1 N–H and O–H groups in total. The molecule has 0 aromatic rings. The van der Waals surface area contributed by atoms with Gasteiger partial charge in [-0.25, -0.2) is 0 Å². The third kappa shape index (κ3) is 4.46. The third-order valence-electron chi connectivity index (χ3n) is 5.56. The van der Waals surface area contributed by atoms with Crippen molar-refractivity contribution in [3.05, 3.63) is 0 Å². The minimum absolute atomic E-state index is 0.519. The molecule has 2 fully saturated rings. The molecule has 112 valence electrons. The second-order valence-electron chi connectivity index (χ2n) is 8.02. The minimum atomic E-state index is 0.519. The molecule has 2 rings (SSSR count). The van der Waals surface area contributed by atoms with E-state index in [1.54, 1.807) is 0 Å². The fourth-order valence-corrected chi connectivity index (χ4v) is 3.92. The summed E-state index contributed by atoms with van der Waals surface area (Å²) in [6.07, 6.45) is 8.54. The Morgan fingerprint density at radius 2 is 1.68 bits per heavy atom. The number of nitrogens with zero attached hydrogens (tertiary/aromatic N) is 1. The van der Waals surface area contributed by atoms with Crippen LogP contribution < -0.4 is 5.32 Å². The first-order chi connectivity index (χ1) is 8.97. The van der Waals surface area contributed by atoms with Crippen LogP contribution in [0.3, 0.4) is 0 Å². The van der Waals surface area contributed by atoms with Crippen LogP contribution in [0, 0.1) is 17.3 Å². The van der Waals surface area contributed by atoms with Gasteiger partial charge in [-0.2, -0.15) is 0 Å². The number of hydrogen-bond donors (Lipinski definition) is 1. The molecule has 0 radical (unpaired) electrons. The van der Waals surface area contributed by atoms with Gasteiger partial charge < -0.3 is 10.2 Å². The largest absolute Gasteiger partial charge is 0.315 e. The molecule has 2 heteroatoms. The quantitative estimate of drug-likeness (QED) is 0.837. The van der Waals surface area contributed by atoms with Crippen LogP contribution in [0.4, 0.5) is 0 Å².